The quantitative estimate of drug-likeness (QED) is 0.719. The number of carbonyl (C=O) groups excluding carboxylic acids is 1. The first kappa shape index (κ1) is 23.3. The van der Waals surface area contributed by atoms with E-state index >= 15 is 0 Å². The van der Waals surface area contributed by atoms with E-state index in [0.29, 0.717) is 16.5 Å². The van der Waals surface area contributed by atoms with Gasteiger partial charge >= 0.3 is 5.97 Å². The molecule has 0 aliphatic heterocycles. The van der Waals surface area contributed by atoms with Crippen LogP contribution in [0.2, 0.25) is 5.02 Å². The molecule has 3 rings (SSSR count). The minimum Gasteiger partial charge on any atom is -0.480 e. The Kier molecular flexibility index (Phi) is 6.76. The number of aromatic nitrogens is 1. The van der Waals surface area contributed by atoms with Crippen LogP contribution in [0, 0.1) is 0 Å². The van der Waals surface area contributed by atoms with Crippen molar-refractivity contribution in [1.82, 2.24) is 4.98 Å². The second-order valence-corrected chi connectivity index (χ2v) is 11.5. The van der Waals surface area contributed by atoms with E-state index < -0.39 is 26.5 Å². The molecule has 158 valence electrons. The van der Waals surface area contributed by atoms with Crippen LogP contribution in [0.15, 0.2) is 35.4 Å². The Bertz CT molecular complexity index is 1000. The third-order valence-electron chi connectivity index (χ3n) is 4.65. The highest BCUT2D eigenvalue weighted by Crippen LogP contribution is 2.43. The van der Waals surface area contributed by atoms with E-state index in [-0.39, 0.29) is 23.2 Å². The number of sulfone groups is 1. The van der Waals surface area contributed by atoms with Gasteiger partial charge < -0.3 is 10.8 Å². The lowest BCUT2D eigenvalue weighted by atomic mass is 9.84. The summed E-state index contributed by atoms with van der Waals surface area (Å²) in [5, 5.41) is 9.94. The van der Waals surface area contributed by atoms with Crippen LogP contribution >= 0.6 is 22.9 Å². The lowest BCUT2D eigenvalue weighted by Gasteiger charge is -2.36. The smallest absolute Gasteiger partial charge is 0.325 e. The molecule has 1 aromatic carbocycles. The highest BCUT2D eigenvalue weighted by molar-refractivity contribution is 7.93. The first-order valence-electron chi connectivity index (χ1n) is 8.81. The number of aliphatic carboxylic acids is 1. The number of primary amides is 1. The van der Waals surface area contributed by atoms with Gasteiger partial charge in [0.05, 0.1) is 4.90 Å². The van der Waals surface area contributed by atoms with E-state index in [0.717, 1.165) is 4.88 Å². The largest absolute Gasteiger partial charge is 0.480 e. The maximum atomic E-state index is 12.3. The minimum absolute atomic E-state index is 0.0176. The van der Waals surface area contributed by atoms with Crippen molar-refractivity contribution in [2.45, 2.75) is 55.1 Å². The third kappa shape index (κ3) is 4.79. The molecule has 0 bridgehead atoms. The predicted octanol–water partition coefficient (Wildman–Crippen LogP) is 3.66. The number of benzene rings is 1. The van der Waals surface area contributed by atoms with E-state index in [1.807, 2.05) is 0 Å². The van der Waals surface area contributed by atoms with Crippen molar-refractivity contribution in [3.63, 3.8) is 0 Å². The number of rotatable bonds is 4. The molecule has 7 nitrogen and oxygen atoms in total. The number of carbonyl (C=O) groups is 2. The summed E-state index contributed by atoms with van der Waals surface area (Å²) in [6.45, 7) is 6.22. The van der Waals surface area contributed by atoms with Gasteiger partial charge in [0.15, 0.2) is 19.6 Å². The second kappa shape index (κ2) is 8.41. The number of hydrogen-bond donors (Lipinski definition) is 2. The van der Waals surface area contributed by atoms with Crippen molar-refractivity contribution < 1.29 is 23.1 Å². The maximum Gasteiger partial charge on any atom is 0.325 e. The van der Waals surface area contributed by atoms with Crippen LogP contribution < -0.4 is 5.73 Å². The summed E-state index contributed by atoms with van der Waals surface area (Å²) in [4.78, 5) is 26.9. The van der Waals surface area contributed by atoms with Crippen molar-refractivity contribution in [2.75, 3.05) is 0 Å². The Hall–Kier alpha value is -1.97. The molecule has 3 N–H and O–H groups in total. The molecule has 10 heteroatoms. The molecular weight excluding hydrogens is 436 g/mol. The van der Waals surface area contributed by atoms with Crippen LogP contribution in [0.4, 0.5) is 0 Å². The molecule has 1 aliphatic rings. The lowest BCUT2D eigenvalue weighted by Crippen LogP contribution is -2.51. The third-order valence-corrected chi connectivity index (χ3v) is 8.84. The zero-order valence-corrected chi connectivity index (χ0v) is 18.7. The number of nitrogens with two attached hydrogens (primary N) is 1. The summed E-state index contributed by atoms with van der Waals surface area (Å²) >= 11 is 7.04. The van der Waals surface area contributed by atoms with Crippen LogP contribution in [-0.4, -0.2) is 35.1 Å². The summed E-state index contributed by atoms with van der Waals surface area (Å²) in [5.41, 5.74) is 5.13. The first-order valence-corrected chi connectivity index (χ1v) is 11.5. The number of nitrogens with zero attached hydrogens (tertiary/aromatic N) is 1. The summed E-state index contributed by atoms with van der Waals surface area (Å²) in [6, 6.07) is 5.59. The molecule has 0 unspecified atom stereocenters. The van der Waals surface area contributed by atoms with Gasteiger partial charge in [0.25, 0.3) is 5.91 Å². The number of carboxylic acids is 1. The van der Waals surface area contributed by atoms with Crippen molar-refractivity contribution in [1.29, 1.82) is 0 Å². The topological polar surface area (TPSA) is 127 Å². The summed E-state index contributed by atoms with van der Waals surface area (Å²) < 4.78 is 22.9. The van der Waals surface area contributed by atoms with Gasteiger partial charge in [0, 0.05) is 16.1 Å². The average molecular weight is 459 g/mol. The van der Waals surface area contributed by atoms with Gasteiger partial charge in [-0.05, 0) is 48.9 Å². The fourth-order valence-corrected chi connectivity index (χ4v) is 5.62. The van der Waals surface area contributed by atoms with Gasteiger partial charge in [0.1, 0.15) is 0 Å². The lowest BCUT2D eigenvalue weighted by molar-refractivity contribution is -0.142. The molecule has 2 aromatic rings. The van der Waals surface area contributed by atoms with Crippen LogP contribution in [-0.2, 0) is 20.0 Å². The van der Waals surface area contributed by atoms with Gasteiger partial charge in [0.2, 0.25) is 0 Å². The molecule has 0 atom stereocenters. The number of amides is 1. The molecule has 29 heavy (non-hydrogen) atoms. The van der Waals surface area contributed by atoms with Crippen LogP contribution in [0.3, 0.4) is 0 Å². The molecule has 1 aliphatic carbocycles. The van der Waals surface area contributed by atoms with Crippen molar-refractivity contribution in [3.8, 4) is 0 Å². The highest BCUT2D eigenvalue weighted by atomic mass is 35.5. The number of hydrogen-bond acceptors (Lipinski definition) is 6. The second-order valence-electron chi connectivity index (χ2n) is 7.75. The summed E-state index contributed by atoms with van der Waals surface area (Å²) in [7, 11) is -3.84. The van der Waals surface area contributed by atoms with E-state index in [1.54, 1.807) is 6.20 Å². The van der Waals surface area contributed by atoms with Crippen molar-refractivity contribution >= 4 is 44.7 Å². The van der Waals surface area contributed by atoms with Crippen LogP contribution in [0.5, 0.6) is 0 Å². The highest BCUT2D eigenvalue weighted by Gasteiger charge is 2.56. The van der Waals surface area contributed by atoms with Crippen molar-refractivity contribution in [3.05, 3.63) is 45.4 Å². The zero-order chi connectivity index (χ0) is 22.0. The predicted molar refractivity (Wildman–Crippen MR) is 112 cm³/mol. The summed E-state index contributed by atoms with van der Waals surface area (Å²) in [5.74, 6) is -1.71. The molecule has 0 spiro atoms. The fraction of sp³-hybridized carbons (Fsp3) is 0.421. The van der Waals surface area contributed by atoms with Gasteiger partial charge in [-0.15, -0.1) is 11.3 Å². The van der Waals surface area contributed by atoms with Crippen LogP contribution in [0.25, 0.3) is 0 Å². The molecular formula is C19H23ClN2O5S2. The summed E-state index contributed by atoms with van der Waals surface area (Å²) in [6.07, 6.45) is 2.68. The number of carboxylic acid groups (broad SMARTS) is 1. The van der Waals surface area contributed by atoms with E-state index in [9.17, 15) is 18.0 Å². The van der Waals surface area contributed by atoms with Gasteiger partial charge in [-0.1, -0.05) is 32.4 Å². The number of thiazole rings is 1. The zero-order valence-electron chi connectivity index (χ0n) is 16.3. The van der Waals surface area contributed by atoms with Gasteiger partial charge in [-0.3, -0.25) is 9.59 Å². The Morgan fingerprint density at radius 3 is 2.07 bits per heavy atom. The molecule has 1 amide bonds. The fourth-order valence-electron chi connectivity index (χ4n) is 2.67. The molecule has 0 saturated heterocycles. The maximum absolute atomic E-state index is 12.3. The van der Waals surface area contributed by atoms with Crippen molar-refractivity contribution in [2.24, 2.45) is 5.73 Å². The monoisotopic (exact) mass is 458 g/mol. The van der Waals surface area contributed by atoms with Crippen LogP contribution in [0.1, 0.15) is 54.7 Å². The Labute approximate surface area is 178 Å². The van der Waals surface area contributed by atoms with E-state index in [1.165, 1.54) is 35.6 Å². The standard InChI is InChI=1S/C11H11ClO4S.C8H12N2OS/c12-8-2-4-9(5-3-8)17(15,16)11(10(13)14)6-1-7-11;1-8(2,3)5-4-10-7(12-5)6(9)11/h2-5H,1,6-7H2,(H,13,14);4H,1-3H3,(H2,9,11). The normalized spacial score (nSPS) is 15.6. The molecule has 1 heterocycles. The van der Waals surface area contributed by atoms with E-state index in [2.05, 4.69) is 25.8 Å². The Morgan fingerprint density at radius 1 is 1.21 bits per heavy atom. The van der Waals surface area contributed by atoms with E-state index in [4.69, 9.17) is 22.4 Å². The molecule has 0 radical (unpaired) electrons. The molecule has 1 aromatic heterocycles. The van der Waals surface area contributed by atoms with Gasteiger partial charge in [-0.2, -0.15) is 0 Å². The number of halogens is 1. The molecule has 1 fully saturated rings. The minimum atomic E-state index is -3.84. The average Bonchev–Trinajstić information content (AvgIpc) is 3.04. The molecule has 1 saturated carbocycles. The SMILES string of the molecule is CC(C)(C)c1cnc(C(N)=O)s1.O=C(O)C1(S(=O)(=O)c2ccc(Cl)cc2)CCC1. The first-order chi connectivity index (χ1) is 13.3. The Morgan fingerprint density at radius 2 is 1.76 bits per heavy atom. The Balaban J connectivity index is 0.000000221. The van der Waals surface area contributed by atoms with Gasteiger partial charge in [-0.25, -0.2) is 13.4 Å².